The van der Waals surface area contributed by atoms with E-state index in [9.17, 15) is 18.7 Å². The molecule has 1 amide bonds. The second-order valence-corrected chi connectivity index (χ2v) is 5.83. The van der Waals surface area contributed by atoms with Crippen LogP contribution < -0.4 is 0 Å². The fourth-order valence-corrected chi connectivity index (χ4v) is 2.84. The molecule has 2 unspecified atom stereocenters. The van der Waals surface area contributed by atoms with E-state index in [1.54, 1.807) is 4.90 Å². The van der Waals surface area contributed by atoms with Crippen molar-refractivity contribution in [2.75, 3.05) is 13.2 Å². The van der Waals surface area contributed by atoms with E-state index < -0.39 is 5.76 Å². The Morgan fingerprint density at radius 2 is 2.35 bits per heavy atom. The van der Waals surface area contributed by atoms with Gasteiger partial charge in [0.15, 0.2) is 5.76 Å². The van der Waals surface area contributed by atoms with E-state index in [1.807, 2.05) is 6.92 Å². The second-order valence-electron chi connectivity index (χ2n) is 4.85. The van der Waals surface area contributed by atoms with Gasteiger partial charge >= 0.3 is 0 Å². The Kier molecular flexibility index (Phi) is 5.04. The average molecular weight is 305 g/mol. The lowest BCUT2D eigenvalue weighted by Gasteiger charge is -2.24. The van der Waals surface area contributed by atoms with Crippen LogP contribution in [0.3, 0.4) is 0 Å². The number of alkyl halides is 2. The molecule has 20 heavy (non-hydrogen) atoms. The molecule has 1 aliphatic heterocycles. The zero-order valence-electron chi connectivity index (χ0n) is 11.1. The number of carbonyl (C=O) groups excluding carboxylic acids is 1. The van der Waals surface area contributed by atoms with Gasteiger partial charge in [-0.3, -0.25) is 4.79 Å². The zero-order valence-corrected chi connectivity index (χ0v) is 11.9. The highest BCUT2D eigenvalue weighted by atomic mass is 32.2. The smallest absolute Gasteiger partial charge is 0.289 e. The number of aliphatic hydroxyl groups excluding tert-OH is 1. The summed E-state index contributed by atoms with van der Waals surface area (Å²) in [4.78, 5) is 13.9. The zero-order chi connectivity index (χ0) is 14.7. The molecule has 112 valence electrons. The molecule has 2 heterocycles. The van der Waals surface area contributed by atoms with E-state index in [0.717, 1.165) is 6.42 Å². The molecule has 1 aromatic heterocycles. The Labute approximate surface area is 120 Å². The molecule has 0 aliphatic carbocycles. The predicted octanol–water partition coefficient (Wildman–Crippen LogP) is 2.58. The van der Waals surface area contributed by atoms with Crippen molar-refractivity contribution in [2.45, 2.75) is 30.9 Å². The molecule has 4 nitrogen and oxygen atoms in total. The normalized spacial score (nSPS) is 22.8. The molecule has 1 saturated heterocycles. The van der Waals surface area contributed by atoms with Crippen molar-refractivity contribution >= 4 is 17.7 Å². The minimum atomic E-state index is -2.46. The topological polar surface area (TPSA) is 53.7 Å². The summed E-state index contributed by atoms with van der Waals surface area (Å²) in [5.41, 5.74) is 0. The Morgan fingerprint density at radius 3 is 3.00 bits per heavy atom. The van der Waals surface area contributed by atoms with Gasteiger partial charge in [-0.1, -0.05) is 18.7 Å². The summed E-state index contributed by atoms with van der Waals surface area (Å²) in [7, 11) is 0. The molecular formula is C13H17F2NO3S. The van der Waals surface area contributed by atoms with Gasteiger partial charge in [0.2, 0.25) is 0 Å². The van der Waals surface area contributed by atoms with Gasteiger partial charge in [0.25, 0.3) is 11.7 Å². The van der Waals surface area contributed by atoms with Crippen LogP contribution in [-0.4, -0.2) is 40.9 Å². The number of likely N-dealkylation sites (tertiary alicyclic amines) is 1. The molecule has 2 atom stereocenters. The standard InChI is InChI=1S/C13H17F2NO3S/c1-8-4-5-16(10(8)6-17)12(18)11-3-2-9(19-11)7-20-13(14)15/h2-3,8,10,13,17H,4-7H2,1H3. The molecule has 7 heteroatoms. The van der Waals surface area contributed by atoms with Crippen molar-refractivity contribution in [2.24, 2.45) is 5.92 Å². The molecule has 0 radical (unpaired) electrons. The summed E-state index contributed by atoms with van der Waals surface area (Å²) < 4.78 is 29.5. The number of hydrogen-bond acceptors (Lipinski definition) is 4. The number of nitrogens with zero attached hydrogens (tertiary/aromatic N) is 1. The van der Waals surface area contributed by atoms with Gasteiger partial charge in [0.05, 0.1) is 18.4 Å². The van der Waals surface area contributed by atoms with Gasteiger partial charge < -0.3 is 14.4 Å². The van der Waals surface area contributed by atoms with Gasteiger partial charge in [0, 0.05) is 6.54 Å². The van der Waals surface area contributed by atoms with Crippen LogP contribution in [0.4, 0.5) is 8.78 Å². The summed E-state index contributed by atoms with van der Waals surface area (Å²) in [6.07, 6.45) is 0.839. The summed E-state index contributed by atoms with van der Waals surface area (Å²) in [6, 6.07) is 2.84. The highest BCUT2D eigenvalue weighted by Gasteiger charge is 2.35. The average Bonchev–Trinajstić information content (AvgIpc) is 3.02. The van der Waals surface area contributed by atoms with Crippen LogP contribution in [0.25, 0.3) is 0 Å². The largest absolute Gasteiger partial charge is 0.455 e. The van der Waals surface area contributed by atoms with E-state index in [2.05, 4.69) is 0 Å². The number of amides is 1. The van der Waals surface area contributed by atoms with Crippen molar-refractivity contribution in [3.63, 3.8) is 0 Å². The van der Waals surface area contributed by atoms with Crippen LogP contribution in [0, 0.1) is 5.92 Å². The van der Waals surface area contributed by atoms with Gasteiger partial charge in [-0.15, -0.1) is 0 Å². The molecular weight excluding hydrogens is 288 g/mol. The van der Waals surface area contributed by atoms with E-state index in [-0.39, 0.29) is 36.0 Å². The number of halogens is 2. The maximum Gasteiger partial charge on any atom is 0.289 e. The van der Waals surface area contributed by atoms with Crippen LogP contribution in [0.5, 0.6) is 0 Å². The first kappa shape index (κ1) is 15.3. The molecule has 1 aliphatic rings. The third-order valence-corrected chi connectivity index (χ3v) is 4.26. The van der Waals surface area contributed by atoms with E-state index >= 15 is 0 Å². The molecule has 0 bridgehead atoms. The summed E-state index contributed by atoms with van der Waals surface area (Å²) >= 11 is 0.455. The first-order valence-corrected chi connectivity index (χ1v) is 7.48. The fraction of sp³-hybridized carbons (Fsp3) is 0.615. The Bertz CT molecular complexity index is 466. The van der Waals surface area contributed by atoms with Crippen molar-refractivity contribution in [3.05, 3.63) is 23.7 Å². The first-order chi connectivity index (χ1) is 9.52. The van der Waals surface area contributed by atoms with Crippen LogP contribution >= 0.6 is 11.8 Å². The third kappa shape index (κ3) is 3.32. The lowest BCUT2D eigenvalue weighted by Crippen LogP contribution is -2.39. The molecule has 1 N–H and O–H groups in total. The molecule has 0 saturated carbocycles. The van der Waals surface area contributed by atoms with Gasteiger partial charge in [-0.2, -0.15) is 8.78 Å². The highest BCUT2D eigenvalue weighted by molar-refractivity contribution is 7.98. The van der Waals surface area contributed by atoms with Crippen LogP contribution in [0.1, 0.15) is 29.7 Å². The predicted molar refractivity (Wildman–Crippen MR) is 71.7 cm³/mol. The fourth-order valence-electron chi connectivity index (χ4n) is 2.40. The molecule has 1 fully saturated rings. The SMILES string of the molecule is CC1CCN(C(=O)c2ccc(CSC(F)F)o2)C1CO. The van der Waals surface area contributed by atoms with Crippen molar-refractivity contribution < 1.29 is 23.1 Å². The van der Waals surface area contributed by atoms with Crippen molar-refractivity contribution in [1.82, 2.24) is 4.90 Å². The summed E-state index contributed by atoms with van der Waals surface area (Å²) in [5.74, 6) is -1.98. The first-order valence-electron chi connectivity index (χ1n) is 6.43. The van der Waals surface area contributed by atoms with E-state index in [0.29, 0.717) is 24.1 Å². The van der Waals surface area contributed by atoms with E-state index in [1.165, 1.54) is 12.1 Å². The monoisotopic (exact) mass is 305 g/mol. The molecule has 0 aromatic carbocycles. The highest BCUT2D eigenvalue weighted by Crippen LogP contribution is 2.27. The van der Waals surface area contributed by atoms with Crippen LogP contribution in [0.2, 0.25) is 0 Å². The van der Waals surface area contributed by atoms with Gasteiger partial charge in [-0.25, -0.2) is 0 Å². The number of thioether (sulfide) groups is 1. The van der Waals surface area contributed by atoms with Crippen molar-refractivity contribution in [3.8, 4) is 0 Å². The number of furan rings is 1. The summed E-state index contributed by atoms with van der Waals surface area (Å²) in [5, 5.41) is 9.34. The van der Waals surface area contributed by atoms with E-state index in [4.69, 9.17) is 4.42 Å². The van der Waals surface area contributed by atoms with Crippen LogP contribution in [-0.2, 0) is 5.75 Å². The number of hydrogen-bond donors (Lipinski definition) is 1. The van der Waals surface area contributed by atoms with Gasteiger partial charge in [0.1, 0.15) is 5.76 Å². The Balaban J connectivity index is 2.02. The third-order valence-electron chi connectivity index (χ3n) is 3.55. The molecule has 2 rings (SSSR count). The minimum absolute atomic E-state index is 0.0325. The number of rotatable bonds is 5. The van der Waals surface area contributed by atoms with Gasteiger partial charge in [-0.05, 0) is 24.5 Å². The number of carbonyl (C=O) groups is 1. The lowest BCUT2D eigenvalue weighted by atomic mass is 10.0. The van der Waals surface area contributed by atoms with Crippen LogP contribution in [0.15, 0.2) is 16.5 Å². The minimum Gasteiger partial charge on any atom is -0.455 e. The maximum atomic E-state index is 12.3. The summed E-state index contributed by atoms with van der Waals surface area (Å²) in [6.45, 7) is 2.48. The maximum absolute atomic E-state index is 12.3. The van der Waals surface area contributed by atoms with Crippen molar-refractivity contribution in [1.29, 1.82) is 0 Å². The quantitative estimate of drug-likeness (QED) is 0.908. The Hall–Kier alpha value is -1.08. The Morgan fingerprint density at radius 1 is 1.60 bits per heavy atom. The lowest BCUT2D eigenvalue weighted by molar-refractivity contribution is 0.0615. The second kappa shape index (κ2) is 6.58. The molecule has 1 aromatic rings. The molecule has 0 spiro atoms. The number of aliphatic hydroxyl groups is 1.